The SMILES string of the molecule is CCCNC1CCCCC1Cc1ncnn1CC. The Hall–Kier alpha value is -0.900. The van der Waals surface area contributed by atoms with Gasteiger partial charge in [0.15, 0.2) is 0 Å². The maximum atomic E-state index is 4.42. The summed E-state index contributed by atoms with van der Waals surface area (Å²) in [7, 11) is 0. The third-order valence-electron chi connectivity index (χ3n) is 4.01. The zero-order chi connectivity index (χ0) is 12.8. The molecule has 1 aliphatic carbocycles. The van der Waals surface area contributed by atoms with Crippen molar-refractivity contribution in [2.24, 2.45) is 5.92 Å². The minimum Gasteiger partial charge on any atom is -0.314 e. The molecule has 1 aromatic heterocycles. The van der Waals surface area contributed by atoms with Gasteiger partial charge >= 0.3 is 0 Å². The number of nitrogens with zero attached hydrogens (tertiary/aromatic N) is 3. The van der Waals surface area contributed by atoms with Crippen LogP contribution in [-0.2, 0) is 13.0 Å². The maximum Gasteiger partial charge on any atom is 0.138 e. The number of hydrogen-bond donors (Lipinski definition) is 1. The van der Waals surface area contributed by atoms with Gasteiger partial charge in [-0.3, -0.25) is 4.68 Å². The van der Waals surface area contributed by atoms with Crippen molar-refractivity contribution in [3.8, 4) is 0 Å². The van der Waals surface area contributed by atoms with E-state index in [1.165, 1.54) is 32.1 Å². The fourth-order valence-corrected chi connectivity index (χ4v) is 3.00. The molecule has 4 heteroatoms. The van der Waals surface area contributed by atoms with Crippen LogP contribution in [0.1, 0.15) is 51.8 Å². The second-order valence-corrected chi connectivity index (χ2v) is 5.30. The Labute approximate surface area is 110 Å². The molecule has 1 aromatic rings. The van der Waals surface area contributed by atoms with Crippen LogP contribution in [0.3, 0.4) is 0 Å². The standard InChI is InChI=1S/C14H26N4/c1-3-9-15-13-8-6-5-7-12(13)10-14-16-11-17-18(14)4-2/h11-13,15H,3-10H2,1-2H3. The predicted octanol–water partition coefficient (Wildman–Crippen LogP) is 2.40. The van der Waals surface area contributed by atoms with Crippen LogP contribution >= 0.6 is 0 Å². The van der Waals surface area contributed by atoms with E-state index in [1.54, 1.807) is 6.33 Å². The van der Waals surface area contributed by atoms with Crippen LogP contribution in [0.25, 0.3) is 0 Å². The molecule has 0 saturated heterocycles. The average molecular weight is 250 g/mol. The van der Waals surface area contributed by atoms with Crippen molar-refractivity contribution in [1.29, 1.82) is 0 Å². The first-order valence-corrected chi connectivity index (χ1v) is 7.45. The van der Waals surface area contributed by atoms with Gasteiger partial charge in [-0.05, 0) is 38.6 Å². The Morgan fingerprint density at radius 2 is 2.17 bits per heavy atom. The van der Waals surface area contributed by atoms with Crippen LogP contribution in [0.2, 0.25) is 0 Å². The monoisotopic (exact) mass is 250 g/mol. The van der Waals surface area contributed by atoms with E-state index in [2.05, 4.69) is 29.2 Å². The molecule has 0 spiro atoms. The zero-order valence-electron chi connectivity index (χ0n) is 11.7. The van der Waals surface area contributed by atoms with Crippen LogP contribution in [0.4, 0.5) is 0 Å². The molecule has 2 unspecified atom stereocenters. The molecule has 102 valence electrons. The molecule has 0 aliphatic heterocycles. The highest BCUT2D eigenvalue weighted by atomic mass is 15.3. The number of aromatic nitrogens is 3. The molecule has 4 nitrogen and oxygen atoms in total. The molecular weight excluding hydrogens is 224 g/mol. The quantitative estimate of drug-likeness (QED) is 0.843. The van der Waals surface area contributed by atoms with Gasteiger partial charge in [0.2, 0.25) is 0 Å². The number of hydrogen-bond acceptors (Lipinski definition) is 3. The molecule has 18 heavy (non-hydrogen) atoms. The van der Waals surface area contributed by atoms with Crippen LogP contribution in [-0.4, -0.2) is 27.4 Å². The van der Waals surface area contributed by atoms with Gasteiger partial charge < -0.3 is 5.32 Å². The molecule has 2 atom stereocenters. The number of rotatable bonds is 6. The fraction of sp³-hybridized carbons (Fsp3) is 0.857. The lowest BCUT2D eigenvalue weighted by atomic mass is 9.82. The Kier molecular flexibility index (Phi) is 5.17. The highest BCUT2D eigenvalue weighted by molar-refractivity contribution is 4.92. The first-order valence-electron chi connectivity index (χ1n) is 7.45. The van der Waals surface area contributed by atoms with Crippen molar-refractivity contribution in [3.63, 3.8) is 0 Å². The van der Waals surface area contributed by atoms with Crippen molar-refractivity contribution in [3.05, 3.63) is 12.2 Å². The van der Waals surface area contributed by atoms with Crippen LogP contribution < -0.4 is 5.32 Å². The summed E-state index contributed by atoms with van der Waals surface area (Å²) in [4.78, 5) is 4.42. The van der Waals surface area contributed by atoms with E-state index in [0.717, 1.165) is 31.3 Å². The molecule has 1 N–H and O–H groups in total. The molecule has 1 aliphatic rings. The van der Waals surface area contributed by atoms with Crippen molar-refractivity contribution in [2.75, 3.05) is 6.54 Å². The van der Waals surface area contributed by atoms with Crippen molar-refractivity contribution >= 4 is 0 Å². The molecule has 1 saturated carbocycles. The summed E-state index contributed by atoms with van der Waals surface area (Å²) < 4.78 is 2.03. The van der Waals surface area contributed by atoms with Crippen molar-refractivity contribution < 1.29 is 0 Å². The third kappa shape index (κ3) is 3.31. The molecule has 1 heterocycles. The molecule has 2 rings (SSSR count). The third-order valence-corrected chi connectivity index (χ3v) is 4.01. The Morgan fingerprint density at radius 3 is 2.94 bits per heavy atom. The van der Waals surface area contributed by atoms with Gasteiger partial charge in [0.05, 0.1) is 0 Å². The van der Waals surface area contributed by atoms with Gasteiger partial charge in [-0.15, -0.1) is 0 Å². The first-order chi connectivity index (χ1) is 8.85. The number of nitrogens with one attached hydrogen (secondary N) is 1. The molecule has 1 fully saturated rings. The van der Waals surface area contributed by atoms with Crippen LogP contribution in [0.5, 0.6) is 0 Å². The van der Waals surface area contributed by atoms with Gasteiger partial charge in [0.1, 0.15) is 12.2 Å². The van der Waals surface area contributed by atoms with E-state index >= 15 is 0 Å². The largest absolute Gasteiger partial charge is 0.314 e. The van der Waals surface area contributed by atoms with E-state index in [4.69, 9.17) is 0 Å². The van der Waals surface area contributed by atoms with E-state index in [9.17, 15) is 0 Å². The van der Waals surface area contributed by atoms with Crippen molar-refractivity contribution in [1.82, 2.24) is 20.1 Å². The topological polar surface area (TPSA) is 42.7 Å². The normalized spacial score (nSPS) is 24.3. The summed E-state index contributed by atoms with van der Waals surface area (Å²) in [5, 5.41) is 7.99. The number of aryl methyl sites for hydroxylation is 1. The minimum absolute atomic E-state index is 0.681. The Bertz CT molecular complexity index is 347. The van der Waals surface area contributed by atoms with E-state index in [0.29, 0.717) is 6.04 Å². The lowest BCUT2D eigenvalue weighted by molar-refractivity contribution is 0.256. The Balaban J connectivity index is 1.96. The average Bonchev–Trinajstić information content (AvgIpc) is 2.85. The van der Waals surface area contributed by atoms with E-state index in [1.807, 2.05) is 4.68 Å². The lowest BCUT2D eigenvalue weighted by Crippen LogP contribution is -2.40. The molecule has 0 aromatic carbocycles. The lowest BCUT2D eigenvalue weighted by Gasteiger charge is -2.32. The summed E-state index contributed by atoms with van der Waals surface area (Å²) in [6.45, 7) is 6.43. The molecular formula is C14H26N4. The first kappa shape index (κ1) is 13.5. The summed E-state index contributed by atoms with van der Waals surface area (Å²) >= 11 is 0. The second kappa shape index (κ2) is 6.88. The maximum absolute atomic E-state index is 4.42. The van der Waals surface area contributed by atoms with Crippen molar-refractivity contribution in [2.45, 2.75) is 65.0 Å². The summed E-state index contributed by atoms with van der Waals surface area (Å²) in [5.41, 5.74) is 0. The van der Waals surface area contributed by atoms with Crippen LogP contribution in [0, 0.1) is 5.92 Å². The van der Waals surface area contributed by atoms with Gasteiger partial charge in [-0.1, -0.05) is 19.8 Å². The smallest absolute Gasteiger partial charge is 0.138 e. The van der Waals surface area contributed by atoms with E-state index < -0.39 is 0 Å². The van der Waals surface area contributed by atoms with Gasteiger partial charge in [-0.2, -0.15) is 5.10 Å². The zero-order valence-corrected chi connectivity index (χ0v) is 11.7. The predicted molar refractivity (Wildman–Crippen MR) is 73.4 cm³/mol. The molecule has 0 amide bonds. The minimum atomic E-state index is 0.681. The van der Waals surface area contributed by atoms with Gasteiger partial charge in [-0.25, -0.2) is 4.98 Å². The highest BCUT2D eigenvalue weighted by Gasteiger charge is 2.25. The van der Waals surface area contributed by atoms with E-state index in [-0.39, 0.29) is 0 Å². The fourth-order valence-electron chi connectivity index (χ4n) is 3.00. The summed E-state index contributed by atoms with van der Waals surface area (Å²) in [6.07, 6.45) is 9.39. The summed E-state index contributed by atoms with van der Waals surface area (Å²) in [5.74, 6) is 1.90. The van der Waals surface area contributed by atoms with Gasteiger partial charge in [0.25, 0.3) is 0 Å². The molecule has 0 bridgehead atoms. The molecule has 0 radical (unpaired) electrons. The van der Waals surface area contributed by atoms with Gasteiger partial charge in [0, 0.05) is 19.0 Å². The Morgan fingerprint density at radius 1 is 1.33 bits per heavy atom. The second-order valence-electron chi connectivity index (χ2n) is 5.30. The van der Waals surface area contributed by atoms with Crippen LogP contribution in [0.15, 0.2) is 6.33 Å². The highest BCUT2D eigenvalue weighted by Crippen LogP contribution is 2.27. The summed E-state index contributed by atoms with van der Waals surface area (Å²) in [6, 6.07) is 0.681.